The number of halogens is 1. The SMILES string of the molecule is C\C=C1\CC/C=C/C(O)=C\C1=C\C(C)Br. The summed E-state index contributed by atoms with van der Waals surface area (Å²) in [6.45, 7) is 4.11. The third-order valence-electron chi connectivity index (χ3n) is 2.30. The highest BCUT2D eigenvalue weighted by atomic mass is 79.9. The number of hydrogen-bond acceptors (Lipinski definition) is 1. The molecule has 0 amide bonds. The van der Waals surface area contributed by atoms with Gasteiger partial charge < -0.3 is 5.11 Å². The summed E-state index contributed by atoms with van der Waals surface area (Å²) < 4.78 is 0. The Morgan fingerprint density at radius 3 is 2.87 bits per heavy atom. The molecule has 0 aromatic rings. The summed E-state index contributed by atoms with van der Waals surface area (Å²) in [5.41, 5.74) is 2.40. The first-order chi connectivity index (χ1) is 7.13. The minimum absolute atomic E-state index is 0.315. The number of aliphatic hydroxyl groups is 1. The lowest BCUT2D eigenvalue weighted by atomic mass is 9.97. The second kappa shape index (κ2) is 5.96. The monoisotopic (exact) mass is 268 g/mol. The van der Waals surface area contributed by atoms with Gasteiger partial charge in [0.05, 0.1) is 0 Å². The Bertz CT molecular complexity index is 332. The van der Waals surface area contributed by atoms with Gasteiger partial charge in [-0.25, -0.2) is 0 Å². The highest BCUT2D eigenvalue weighted by molar-refractivity contribution is 9.09. The van der Waals surface area contributed by atoms with Crippen LogP contribution in [0.15, 0.2) is 47.3 Å². The number of rotatable bonds is 1. The zero-order valence-electron chi connectivity index (χ0n) is 9.20. The van der Waals surface area contributed by atoms with Crippen molar-refractivity contribution in [1.29, 1.82) is 0 Å². The fourth-order valence-corrected chi connectivity index (χ4v) is 1.89. The fourth-order valence-electron chi connectivity index (χ4n) is 1.60. The molecule has 1 atom stereocenters. The molecule has 1 N–H and O–H groups in total. The predicted octanol–water partition coefficient (Wildman–Crippen LogP) is 4.43. The lowest BCUT2D eigenvalue weighted by Crippen LogP contribution is -1.95. The molecule has 0 saturated carbocycles. The topological polar surface area (TPSA) is 20.2 Å². The van der Waals surface area contributed by atoms with E-state index in [2.05, 4.69) is 35.0 Å². The largest absolute Gasteiger partial charge is 0.508 e. The summed E-state index contributed by atoms with van der Waals surface area (Å²) in [6, 6.07) is 0. The van der Waals surface area contributed by atoms with Crippen molar-refractivity contribution in [3.63, 3.8) is 0 Å². The van der Waals surface area contributed by atoms with E-state index in [0.717, 1.165) is 18.4 Å². The lowest BCUT2D eigenvalue weighted by Gasteiger charge is -2.11. The van der Waals surface area contributed by atoms with Crippen molar-refractivity contribution < 1.29 is 5.11 Å². The molecule has 82 valence electrons. The van der Waals surface area contributed by atoms with Crippen molar-refractivity contribution in [2.24, 2.45) is 0 Å². The van der Waals surface area contributed by atoms with Crippen LogP contribution in [0.4, 0.5) is 0 Å². The minimum Gasteiger partial charge on any atom is -0.508 e. The molecule has 0 heterocycles. The second-order valence-electron chi connectivity index (χ2n) is 3.62. The van der Waals surface area contributed by atoms with Crippen LogP contribution in [-0.4, -0.2) is 9.93 Å². The minimum atomic E-state index is 0.315. The Hall–Kier alpha value is -0.760. The van der Waals surface area contributed by atoms with Crippen LogP contribution in [0.5, 0.6) is 0 Å². The van der Waals surface area contributed by atoms with Crippen molar-refractivity contribution in [3.05, 3.63) is 47.3 Å². The number of allylic oxidation sites excluding steroid dienone is 7. The van der Waals surface area contributed by atoms with Crippen molar-refractivity contribution in [3.8, 4) is 0 Å². The average Bonchev–Trinajstić information content (AvgIpc) is 2.13. The van der Waals surface area contributed by atoms with E-state index in [9.17, 15) is 5.11 Å². The molecule has 1 unspecified atom stereocenters. The zero-order valence-corrected chi connectivity index (χ0v) is 10.8. The van der Waals surface area contributed by atoms with Gasteiger partial charge in [-0.1, -0.05) is 34.2 Å². The van der Waals surface area contributed by atoms with Gasteiger partial charge in [-0.2, -0.15) is 0 Å². The molecular formula is C13H17BrO. The Labute approximate surface area is 100 Å². The smallest absolute Gasteiger partial charge is 0.115 e. The molecule has 0 saturated heterocycles. The molecule has 0 aromatic heterocycles. The maximum atomic E-state index is 9.60. The quantitative estimate of drug-likeness (QED) is 0.698. The fraction of sp³-hybridized carbons (Fsp3) is 0.385. The third-order valence-corrected chi connectivity index (χ3v) is 2.57. The van der Waals surface area contributed by atoms with Crippen LogP contribution in [0.1, 0.15) is 26.7 Å². The van der Waals surface area contributed by atoms with Gasteiger partial charge in [-0.3, -0.25) is 0 Å². The van der Waals surface area contributed by atoms with Crippen LogP contribution in [0, 0.1) is 0 Å². The van der Waals surface area contributed by atoms with E-state index in [1.54, 1.807) is 6.08 Å². The standard InChI is InChI=1S/C13H17BrO/c1-3-11-6-4-5-7-13(15)9-12(11)8-10(2)14/h3,5,7-10,15H,4,6H2,1-2H3/b7-5+,11-3-,12-8-,13-9+. The van der Waals surface area contributed by atoms with E-state index in [0.29, 0.717) is 10.6 Å². The molecule has 0 spiro atoms. The van der Waals surface area contributed by atoms with Gasteiger partial charge in [0, 0.05) is 4.83 Å². The van der Waals surface area contributed by atoms with E-state index in [1.165, 1.54) is 5.57 Å². The number of hydrogen-bond donors (Lipinski definition) is 1. The van der Waals surface area contributed by atoms with Crippen LogP contribution >= 0.6 is 15.9 Å². The summed E-state index contributed by atoms with van der Waals surface area (Å²) in [7, 11) is 0. The average molecular weight is 269 g/mol. The lowest BCUT2D eigenvalue weighted by molar-refractivity contribution is 0.431. The first-order valence-electron chi connectivity index (χ1n) is 5.22. The Morgan fingerprint density at radius 2 is 2.27 bits per heavy atom. The molecule has 1 rings (SSSR count). The third kappa shape index (κ3) is 4.08. The molecule has 1 aliphatic carbocycles. The summed E-state index contributed by atoms with van der Waals surface area (Å²) in [6.07, 6.45) is 11.8. The van der Waals surface area contributed by atoms with Gasteiger partial charge >= 0.3 is 0 Å². The molecule has 1 aliphatic rings. The summed E-state index contributed by atoms with van der Waals surface area (Å²) >= 11 is 3.50. The number of aliphatic hydroxyl groups excluding tert-OH is 1. The Balaban J connectivity index is 3.07. The van der Waals surface area contributed by atoms with Crippen LogP contribution < -0.4 is 0 Å². The van der Waals surface area contributed by atoms with E-state index in [1.807, 2.05) is 19.1 Å². The summed E-state index contributed by atoms with van der Waals surface area (Å²) in [5, 5.41) is 9.60. The molecule has 0 fully saturated rings. The first kappa shape index (κ1) is 12.3. The van der Waals surface area contributed by atoms with Gasteiger partial charge in [-0.15, -0.1) is 0 Å². The predicted molar refractivity (Wildman–Crippen MR) is 69.3 cm³/mol. The molecule has 15 heavy (non-hydrogen) atoms. The van der Waals surface area contributed by atoms with E-state index < -0.39 is 0 Å². The maximum absolute atomic E-state index is 9.60. The normalized spacial score (nSPS) is 30.5. The van der Waals surface area contributed by atoms with Crippen LogP contribution in [0.25, 0.3) is 0 Å². The van der Waals surface area contributed by atoms with Gasteiger partial charge in [0.1, 0.15) is 5.76 Å². The second-order valence-corrected chi connectivity index (χ2v) is 5.07. The van der Waals surface area contributed by atoms with Crippen molar-refractivity contribution in [1.82, 2.24) is 0 Å². The first-order valence-corrected chi connectivity index (χ1v) is 6.13. The summed E-state index contributed by atoms with van der Waals surface area (Å²) in [5.74, 6) is 0.327. The van der Waals surface area contributed by atoms with Crippen molar-refractivity contribution in [2.45, 2.75) is 31.5 Å². The molecule has 0 radical (unpaired) electrons. The molecule has 0 aliphatic heterocycles. The maximum Gasteiger partial charge on any atom is 0.115 e. The van der Waals surface area contributed by atoms with Gasteiger partial charge in [0.15, 0.2) is 0 Å². The van der Waals surface area contributed by atoms with Crippen LogP contribution in [0.3, 0.4) is 0 Å². The van der Waals surface area contributed by atoms with E-state index in [4.69, 9.17) is 0 Å². The van der Waals surface area contributed by atoms with E-state index in [-0.39, 0.29) is 0 Å². The molecule has 0 bridgehead atoms. The van der Waals surface area contributed by atoms with Crippen LogP contribution in [0.2, 0.25) is 0 Å². The molecule has 0 aromatic carbocycles. The molecule has 2 heteroatoms. The van der Waals surface area contributed by atoms with Gasteiger partial charge in [0.25, 0.3) is 0 Å². The Morgan fingerprint density at radius 1 is 1.53 bits per heavy atom. The zero-order chi connectivity index (χ0) is 11.3. The van der Waals surface area contributed by atoms with Gasteiger partial charge in [-0.05, 0) is 50.0 Å². The van der Waals surface area contributed by atoms with Gasteiger partial charge in [0.2, 0.25) is 0 Å². The molecular weight excluding hydrogens is 252 g/mol. The highest BCUT2D eigenvalue weighted by Crippen LogP contribution is 2.23. The number of alkyl halides is 1. The Kier molecular flexibility index (Phi) is 4.89. The van der Waals surface area contributed by atoms with Crippen molar-refractivity contribution in [2.75, 3.05) is 0 Å². The highest BCUT2D eigenvalue weighted by Gasteiger charge is 2.06. The van der Waals surface area contributed by atoms with Crippen molar-refractivity contribution >= 4 is 15.9 Å². The van der Waals surface area contributed by atoms with E-state index >= 15 is 0 Å². The summed E-state index contributed by atoms with van der Waals surface area (Å²) in [4.78, 5) is 0.315. The molecule has 1 nitrogen and oxygen atoms in total. The van der Waals surface area contributed by atoms with Crippen LogP contribution in [-0.2, 0) is 0 Å².